The second-order valence-electron chi connectivity index (χ2n) is 5.12. The van der Waals surface area contributed by atoms with Crippen LogP contribution in [0.5, 0.6) is 0 Å². The van der Waals surface area contributed by atoms with E-state index in [9.17, 15) is 18.0 Å². The molecular weight excluding hydrogens is 384 g/mol. The summed E-state index contributed by atoms with van der Waals surface area (Å²) in [5.41, 5.74) is 1.01. The van der Waals surface area contributed by atoms with Gasteiger partial charge in [0.2, 0.25) is 0 Å². The molecule has 0 unspecified atom stereocenters. The van der Waals surface area contributed by atoms with E-state index in [2.05, 4.69) is 15.9 Å². The fraction of sp³-hybridized carbons (Fsp3) is 0.200. The molecule has 8 heteroatoms. The molecule has 0 saturated heterocycles. The van der Waals surface area contributed by atoms with E-state index >= 15 is 0 Å². The van der Waals surface area contributed by atoms with Gasteiger partial charge in [-0.25, -0.2) is 13.1 Å². The SMILES string of the molecule is Cc1ccc(S(=O)(=O)NC(=O)Cn2cc(Br)cc(C)c2=O)cc1. The van der Waals surface area contributed by atoms with E-state index in [1.54, 1.807) is 25.1 Å². The maximum Gasteiger partial charge on any atom is 0.264 e. The van der Waals surface area contributed by atoms with Crippen LogP contribution < -0.4 is 10.3 Å². The van der Waals surface area contributed by atoms with Crippen LogP contribution in [0, 0.1) is 13.8 Å². The zero-order valence-electron chi connectivity index (χ0n) is 12.5. The molecule has 6 nitrogen and oxygen atoms in total. The Kier molecular flexibility index (Phi) is 5.06. The minimum atomic E-state index is -3.96. The van der Waals surface area contributed by atoms with Crippen molar-refractivity contribution in [1.29, 1.82) is 0 Å². The molecule has 1 amide bonds. The molecule has 1 N–H and O–H groups in total. The predicted octanol–water partition coefficient (Wildman–Crippen LogP) is 1.73. The fourth-order valence-electron chi connectivity index (χ4n) is 1.97. The number of amides is 1. The summed E-state index contributed by atoms with van der Waals surface area (Å²) in [6, 6.07) is 7.74. The van der Waals surface area contributed by atoms with Gasteiger partial charge in [-0.2, -0.15) is 0 Å². The van der Waals surface area contributed by atoms with Crippen molar-refractivity contribution in [3.63, 3.8) is 0 Å². The number of carbonyl (C=O) groups excluding carboxylic acids is 1. The van der Waals surface area contributed by atoms with Gasteiger partial charge in [0.05, 0.1) is 4.90 Å². The van der Waals surface area contributed by atoms with E-state index in [-0.39, 0.29) is 17.0 Å². The third-order valence-corrected chi connectivity index (χ3v) is 4.95. The highest BCUT2D eigenvalue weighted by Gasteiger charge is 2.18. The van der Waals surface area contributed by atoms with Crippen LogP contribution in [0.2, 0.25) is 0 Å². The number of benzene rings is 1. The summed E-state index contributed by atoms with van der Waals surface area (Å²) in [6.07, 6.45) is 1.44. The third kappa shape index (κ3) is 4.29. The molecule has 0 radical (unpaired) electrons. The highest BCUT2D eigenvalue weighted by atomic mass is 79.9. The first-order valence-electron chi connectivity index (χ1n) is 6.68. The molecule has 0 atom stereocenters. The van der Waals surface area contributed by atoms with Crippen molar-refractivity contribution >= 4 is 31.9 Å². The molecule has 2 rings (SSSR count). The lowest BCUT2D eigenvalue weighted by molar-refractivity contribution is -0.119. The third-order valence-electron chi connectivity index (χ3n) is 3.13. The number of hydrogen-bond acceptors (Lipinski definition) is 4. The average molecular weight is 399 g/mol. The van der Waals surface area contributed by atoms with Crippen molar-refractivity contribution in [3.8, 4) is 0 Å². The average Bonchev–Trinajstić information content (AvgIpc) is 2.44. The standard InChI is InChI=1S/C15H15BrN2O4S/c1-10-3-5-13(6-4-10)23(21,22)17-14(19)9-18-8-12(16)7-11(2)15(18)20/h3-8H,9H2,1-2H3,(H,17,19). The molecule has 122 valence electrons. The maximum absolute atomic E-state index is 12.1. The number of sulfonamides is 1. The summed E-state index contributed by atoms with van der Waals surface area (Å²) >= 11 is 3.23. The number of aromatic nitrogens is 1. The van der Waals surface area contributed by atoms with E-state index in [4.69, 9.17) is 0 Å². The summed E-state index contributed by atoms with van der Waals surface area (Å²) in [7, 11) is -3.96. The van der Waals surface area contributed by atoms with Gasteiger partial charge < -0.3 is 4.57 Å². The van der Waals surface area contributed by atoms with E-state index in [0.29, 0.717) is 10.0 Å². The molecular formula is C15H15BrN2O4S. The van der Waals surface area contributed by atoms with Crippen molar-refractivity contribution in [2.24, 2.45) is 0 Å². The van der Waals surface area contributed by atoms with Crippen LogP contribution in [0.3, 0.4) is 0 Å². The number of carbonyl (C=O) groups is 1. The van der Waals surface area contributed by atoms with E-state index in [1.807, 2.05) is 11.6 Å². The second kappa shape index (κ2) is 6.67. The zero-order valence-corrected chi connectivity index (χ0v) is 14.9. The summed E-state index contributed by atoms with van der Waals surface area (Å²) in [5.74, 6) is -0.787. The normalized spacial score (nSPS) is 11.3. The number of halogens is 1. The first kappa shape index (κ1) is 17.4. The molecule has 0 aliphatic heterocycles. The molecule has 2 aromatic rings. The van der Waals surface area contributed by atoms with Crippen molar-refractivity contribution in [3.05, 3.63) is 62.5 Å². The fourth-order valence-corrected chi connectivity index (χ4v) is 3.54. The summed E-state index contributed by atoms with van der Waals surface area (Å²) in [5, 5.41) is 0. The van der Waals surface area contributed by atoms with Gasteiger partial charge in [0, 0.05) is 16.2 Å². The molecule has 0 bridgehead atoms. The first-order chi connectivity index (χ1) is 10.7. The van der Waals surface area contributed by atoms with Crippen LogP contribution in [0.4, 0.5) is 0 Å². The van der Waals surface area contributed by atoms with Gasteiger partial charge in [0.1, 0.15) is 6.54 Å². The molecule has 1 heterocycles. The Hall–Kier alpha value is -1.93. The van der Waals surface area contributed by atoms with Gasteiger partial charge in [-0.05, 0) is 48.0 Å². The van der Waals surface area contributed by atoms with E-state index < -0.39 is 15.9 Å². The van der Waals surface area contributed by atoms with E-state index in [1.165, 1.54) is 18.3 Å². The molecule has 1 aromatic heterocycles. The smallest absolute Gasteiger partial charge is 0.264 e. The molecule has 0 aliphatic rings. The number of aryl methyl sites for hydroxylation is 2. The van der Waals surface area contributed by atoms with Crippen LogP contribution in [0.15, 0.2) is 50.7 Å². The van der Waals surface area contributed by atoms with Gasteiger partial charge in [0.25, 0.3) is 21.5 Å². The maximum atomic E-state index is 12.1. The quantitative estimate of drug-likeness (QED) is 0.849. The second-order valence-corrected chi connectivity index (χ2v) is 7.71. The van der Waals surface area contributed by atoms with Crippen LogP contribution in [-0.2, 0) is 21.4 Å². The monoisotopic (exact) mass is 398 g/mol. The van der Waals surface area contributed by atoms with Gasteiger partial charge in [0.15, 0.2) is 0 Å². The number of hydrogen-bond donors (Lipinski definition) is 1. The van der Waals surface area contributed by atoms with Crippen molar-refractivity contribution in [2.75, 3.05) is 0 Å². The van der Waals surface area contributed by atoms with Gasteiger partial charge >= 0.3 is 0 Å². The predicted molar refractivity (Wildman–Crippen MR) is 89.6 cm³/mol. The first-order valence-corrected chi connectivity index (χ1v) is 8.95. The number of nitrogens with zero attached hydrogens (tertiary/aromatic N) is 1. The lowest BCUT2D eigenvalue weighted by Crippen LogP contribution is -2.36. The van der Waals surface area contributed by atoms with E-state index in [0.717, 1.165) is 10.1 Å². The van der Waals surface area contributed by atoms with Gasteiger partial charge in [-0.3, -0.25) is 9.59 Å². The van der Waals surface area contributed by atoms with Crippen LogP contribution >= 0.6 is 15.9 Å². The molecule has 0 saturated carbocycles. The Balaban J connectivity index is 2.19. The highest BCUT2D eigenvalue weighted by molar-refractivity contribution is 9.10. The Bertz CT molecular complexity index is 902. The van der Waals surface area contributed by atoms with Crippen LogP contribution in [-0.4, -0.2) is 18.9 Å². The summed E-state index contributed by atoms with van der Waals surface area (Å²) < 4.78 is 28.0. The minimum Gasteiger partial charge on any atom is -0.305 e. The van der Waals surface area contributed by atoms with Gasteiger partial charge in [-0.15, -0.1) is 0 Å². The van der Waals surface area contributed by atoms with Crippen LogP contribution in [0.25, 0.3) is 0 Å². The number of rotatable bonds is 4. The molecule has 23 heavy (non-hydrogen) atoms. The number of pyridine rings is 1. The lowest BCUT2D eigenvalue weighted by Gasteiger charge is -2.10. The highest BCUT2D eigenvalue weighted by Crippen LogP contribution is 2.10. The Labute approximate surface area is 142 Å². The molecule has 0 fully saturated rings. The largest absolute Gasteiger partial charge is 0.305 e. The number of nitrogens with one attached hydrogen (secondary N) is 1. The molecule has 0 aliphatic carbocycles. The lowest BCUT2D eigenvalue weighted by atomic mass is 10.2. The minimum absolute atomic E-state index is 0.00535. The Morgan fingerprint density at radius 1 is 1.22 bits per heavy atom. The Morgan fingerprint density at radius 3 is 2.43 bits per heavy atom. The summed E-state index contributed by atoms with van der Waals surface area (Å²) in [4.78, 5) is 23.9. The van der Waals surface area contributed by atoms with Gasteiger partial charge in [-0.1, -0.05) is 17.7 Å². The molecule has 0 spiro atoms. The van der Waals surface area contributed by atoms with Crippen LogP contribution in [0.1, 0.15) is 11.1 Å². The topological polar surface area (TPSA) is 85.2 Å². The van der Waals surface area contributed by atoms with Crippen molar-refractivity contribution in [2.45, 2.75) is 25.3 Å². The van der Waals surface area contributed by atoms with Crippen molar-refractivity contribution < 1.29 is 13.2 Å². The summed E-state index contributed by atoms with van der Waals surface area (Å²) in [6.45, 7) is 3.06. The molecule has 1 aromatic carbocycles. The Morgan fingerprint density at radius 2 is 1.83 bits per heavy atom. The van der Waals surface area contributed by atoms with Crippen molar-refractivity contribution in [1.82, 2.24) is 9.29 Å². The zero-order chi connectivity index (χ0) is 17.2.